The van der Waals surface area contributed by atoms with Crippen molar-refractivity contribution in [3.05, 3.63) is 58.1 Å². The third kappa shape index (κ3) is 3.87. The van der Waals surface area contributed by atoms with Crippen molar-refractivity contribution in [1.29, 1.82) is 0 Å². The van der Waals surface area contributed by atoms with Crippen molar-refractivity contribution in [2.45, 2.75) is 13.8 Å². The van der Waals surface area contributed by atoms with Crippen LogP contribution in [0.5, 0.6) is 5.75 Å². The fraction of sp³-hybridized carbons (Fsp3) is 0.182. The number of rotatable bonds is 5. The standard InChI is InChI=1S/C22H20N4O4S/c1-11-5-8-18(31-11)17-10-15(19-12(2)26-30-22(19)25-17)21(28)24-16-7-6-13(29-4)9-14(16)20(27)23-3/h5-10H,1-4H3,(H,23,27)(H,24,28). The smallest absolute Gasteiger partial charge is 0.259 e. The maximum absolute atomic E-state index is 13.3. The number of benzene rings is 1. The van der Waals surface area contributed by atoms with Gasteiger partial charge in [-0.1, -0.05) is 5.16 Å². The first-order chi connectivity index (χ1) is 14.9. The van der Waals surface area contributed by atoms with Gasteiger partial charge in [0, 0.05) is 11.9 Å². The zero-order chi connectivity index (χ0) is 22.1. The van der Waals surface area contributed by atoms with Gasteiger partial charge in [-0.2, -0.15) is 0 Å². The Balaban J connectivity index is 1.79. The molecule has 0 saturated heterocycles. The van der Waals surface area contributed by atoms with E-state index in [1.807, 2.05) is 19.1 Å². The van der Waals surface area contributed by atoms with Crippen LogP contribution in [0.4, 0.5) is 5.69 Å². The molecule has 0 saturated carbocycles. The number of nitrogens with one attached hydrogen (secondary N) is 2. The summed E-state index contributed by atoms with van der Waals surface area (Å²) < 4.78 is 10.6. The largest absolute Gasteiger partial charge is 0.497 e. The fourth-order valence-corrected chi connectivity index (χ4v) is 4.07. The summed E-state index contributed by atoms with van der Waals surface area (Å²) in [6.45, 7) is 3.76. The molecule has 0 radical (unpaired) electrons. The molecule has 4 aromatic rings. The molecule has 8 nitrogen and oxygen atoms in total. The lowest BCUT2D eigenvalue weighted by Gasteiger charge is -2.12. The Bertz CT molecular complexity index is 1310. The van der Waals surface area contributed by atoms with Crippen LogP contribution in [0, 0.1) is 13.8 Å². The SMILES string of the molecule is CNC(=O)c1cc(OC)ccc1NC(=O)c1cc(-c2ccc(C)s2)nc2onc(C)c12. The highest BCUT2D eigenvalue weighted by molar-refractivity contribution is 7.15. The van der Waals surface area contributed by atoms with Crippen molar-refractivity contribution in [1.82, 2.24) is 15.5 Å². The maximum atomic E-state index is 13.3. The van der Waals surface area contributed by atoms with Crippen LogP contribution in [-0.4, -0.2) is 36.1 Å². The Kier molecular flexibility index (Phi) is 5.43. The highest BCUT2D eigenvalue weighted by atomic mass is 32.1. The first-order valence-corrected chi connectivity index (χ1v) is 10.3. The second-order valence-corrected chi connectivity index (χ2v) is 8.15. The monoisotopic (exact) mass is 436 g/mol. The van der Waals surface area contributed by atoms with Gasteiger partial charge in [0.25, 0.3) is 17.5 Å². The van der Waals surface area contributed by atoms with Crippen molar-refractivity contribution in [3.8, 4) is 16.3 Å². The quantitative estimate of drug-likeness (QED) is 0.486. The molecule has 0 bridgehead atoms. The van der Waals surface area contributed by atoms with E-state index in [0.29, 0.717) is 33.8 Å². The minimum absolute atomic E-state index is 0.285. The number of anilines is 1. The molecule has 0 aliphatic rings. The number of carbonyl (C=O) groups is 2. The Morgan fingerprint density at radius 3 is 2.55 bits per heavy atom. The van der Waals surface area contributed by atoms with Gasteiger partial charge >= 0.3 is 0 Å². The van der Waals surface area contributed by atoms with Crippen LogP contribution < -0.4 is 15.4 Å². The maximum Gasteiger partial charge on any atom is 0.259 e. The Hall–Kier alpha value is -3.72. The molecule has 2 N–H and O–H groups in total. The van der Waals surface area contributed by atoms with E-state index in [-0.39, 0.29) is 17.2 Å². The van der Waals surface area contributed by atoms with E-state index < -0.39 is 5.91 Å². The van der Waals surface area contributed by atoms with E-state index in [4.69, 9.17) is 9.26 Å². The molecule has 0 aliphatic heterocycles. The Morgan fingerprint density at radius 1 is 1.06 bits per heavy atom. The lowest BCUT2D eigenvalue weighted by molar-refractivity contribution is 0.0963. The first-order valence-electron chi connectivity index (χ1n) is 9.46. The fourth-order valence-electron chi connectivity index (χ4n) is 3.24. The molecule has 0 spiro atoms. The zero-order valence-electron chi connectivity index (χ0n) is 17.4. The van der Waals surface area contributed by atoms with Crippen molar-refractivity contribution in [2.24, 2.45) is 0 Å². The lowest BCUT2D eigenvalue weighted by atomic mass is 10.1. The number of amides is 2. The Labute approximate surface area is 182 Å². The second kappa shape index (κ2) is 8.19. The summed E-state index contributed by atoms with van der Waals surface area (Å²) in [5.41, 5.74) is 2.47. The number of thiophene rings is 1. The lowest BCUT2D eigenvalue weighted by Crippen LogP contribution is -2.22. The molecule has 2 amide bonds. The molecule has 0 aliphatic carbocycles. The van der Waals surface area contributed by atoms with Crippen molar-refractivity contribution < 1.29 is 18.8 Å². The summed E-state index contributed by atoms with van der Waals surface area (Å²) in [5, 5.41) is 9.92. The van der Waals surface area contributed by atoms with Gasteiger partial charge in [0.05, 0.1) is 45.6 Å². The van der Waals surface area contributed by atoms with E-state index in [0.717, 1.165) is 9.75 Å². The summed E-state index contributed by atoms with van der Waals surface area (Å²) in [6, 6.07) is 10.5. The molecule has 3 aromatic heterocycles. The van der Waals surface area contributed by atoms with Gasteiger partial charge in [-0.15, -0.1) is 11.3 Å². The summed E-state index contributed by atoms with van der Waals surface area (Å²) in [4.78, 5) is 32.2. The molecule has 0 unspecified atom stereocenters. The van der Waals surface area contributed by atoms with Gasteiger partial charge in [-0.25, -0.2) is 4.98 Å². The molecule has 0 fully saturated rings. The van der Waals surface area contributed by atoms with E-state index in [1.54, 1.807) is 42.5 Å². The molecule has 1 aromatic carbocycles. The number of nitrogens with zero attached hydrogens (tertiary/aromatic N) is 2. The second-order valence-electron chi connectivity index (χ2n) is 6.86. The minimum Gasteiger partial charge on any atom is -0.497 e. The average molecular weight is 436 g/mol. The number of fused-ring (bicyclic) bond motifs is 1. The predicted octanol–water partition coefficient (Wildman–Crippen LogP) is 4.19. The van der Waals surface area contributed by atoms with Crippen molar-refractivity contribution >= 4 is 39.9 Å². The number of carbonyl (C=O) groups excluding carboxylic acids is 2. The summed E-state index contributed by atoms with van der Waals surface area (Å²) in [6.07, 6.45) is 0. The van der Waals surface area contributed by atoms with Crippen LogP contribution in [0.25, 0.3) is 21.7 Å². The van der Waals surface area contributed by atoms with Gasteiger partial charge in [0.1, 0.15) is 5.75 Å². The highest BCUT2D eigenvalue weighted by Crippen LogP contribution is 2.32. The number of aryl methyl sites for hydroxylation is 2. The summed E-state index contributed by atoms with van der Waals surface area (Å²) in [5.74, 6) is -0.235. The van der Waals surface area contributed by atoms with E-state index >= 15 is 0 Å². The molecule has 158 valence electrons. The molecule has 0 atom stereocenters. The summed E-state index contributed by atoms with van der Waals surface area (Å²) >= 11 is 1.57. The number of pyridine rings is 1. The van der Waals surface area contributed by atoms with Crippen LogP contribution in [0.15, 0.2) is 40.9 Å². The van der Waals surface area contributed by atoms with Crippen LogP contribution in [0.1, 0.15) is 31.3 Å². The molecular weight excluding hydrogens is 416 g/mol. The average Bonchev–Trinajstić information content (AvgIpc) is 3.38. The van der Waals surface area contributed by atoms with Crippen LogP contribution in [0.2, 0.25) is 0 Å². The third-order valence-electron chi connectivity index (χ3n) is 4.80. The van der Waals surface area contributed by atoms with Crippen molar-refractivity contribution in [3.63, 3.8) is 0 Å². The number of methoxy groups -OCH3 is 1. The van der Waals surface area contributed by atoms with E-state index in [2.05, 4.69) is 20.8 Å². The van der Waals surface area contributed by atoms with Crippen LogP contribution in [-0.2, 0) is 0 Å². The van der Waals surface area contributed by atoms with Gasteiger partial charge < -0.3 is 19.9 Å². The summed E-state index contributed by atoms with van der Waals surface area (Å²) in [7, 11) is 3.03. The van der Waals surface area contributed by atoms with Crippen LogP contribution in [0.3, 0.4) is 0 Å². The number of hydrogen-bond acceptors (Lipinski definition) is 7. The first kappa shape index (κ1) is 20.5. The normalized spacial score (nSPS) is 10.8. The molecular formula is C22H20N4O4S. The van der Waals surface area contributed by atoms with Gasteiger partial charge in [-0.05, 0) is 50.2 Å². The predicted molar refractivity (Wildman–Crippen MR) is 119 cm³/mol. The number of ether oxygens (including phenoxy) is 1. The van der Waals surface area contributed by atoms with E-state index in [9.17, 15) is 9.59 Å². The molecule has 31 heavy (non-hydrogen) atoms. The minimum atomic E-state index is -0.399. The zero-order valence-corrected chi connectivity index (χ0v) is 18.2. The van der Waals surface area contributed by atoms with Gasteiger partial charge in [0.15, 0.2) is 0 Å². The highest BCUT2D eigenvalue weighted by Gasteiger charge is 2.22. The van der Waals surface area contributed by atoms with Crippen LogP contribution >= 0.6 is 11.3 Å². The van der Waals surface area contributed by atoms with E-state index in [1.165, 1.54) is 14.2 Å². The topological polar surface area (TPSA) is 106 Å². The van der Waals surface area contributed by atoms with Gasteiger partial charge in [-0.3, -0.25) is 9.59 Å². The van der Waals surface area contributed by atoms with Crippen molar-refractivity contribution in [2.75, 3.05) is 19.5 Å². The number of hydrogen-bond donors (Lipinski definition) is 2. The molecule has 4 rings (SSSR count). The molecule has 9 heteroatoms. The van der Waals surface area contributed by atoms with Gasteiger partial charge in [0.2, 0.25) is 0 Å². The molecule has 3 heterocycles. The Morgan fingerprint density at radius 2 is 1.87 bits per heavy atom. The third-order valence-corrected chi connectivity index (χ3v) is 5.82. The number of aromatic nitrogens is 2.